The Hall–Kier alpha value is 0.200. The monoisotopic (exact) mass is 256 g/mol. The molecule has 0 saturated carbocycles. The van der Waals surface area contributed by atoms with Gasteiger partial charge in [0.15, 0.2) is 0 Å². The second-order valence-electron chi connectivity index (χ2n) is 5.15. The molecule has 0 saturated heterocycles. The molecule has 0 N–H and O–H groups in total. The third-order valence-electron chi connectivity index (χ3n) is 2.26. The molecule has 1 atom stereocenters. The molecular weight excluding hydrogens is 236 g/mol. The zero-order valence-electron chi connectivity index (χ0n) is 10.1. The van der Waals surface area contributed by atoms with Gasteiger partial charge < -0.3 is 4.74 Å². The van der Waals surface area contributed by atoms with Gasteiger partial charge in [0.05, 0.1) is 18.5 Å². The molecule has 0 aromatic carbocycles. The average Bonchev–Trinajstić information content (AvgIpc) is 1.93. The minimum absolute atomic E-state index is 0.0369. The van der Waals surface area contributed by atoms with Crippen LogP contribution in [0, 0.1) is 11.3 Å². The lowest BCUT2D eigenvalue weighted by Crippen LogP contribution is -2.31. The molecule has 15 heavy (non-hydrogen) atoms. The molecule has 0 spiro atoms. The predicted molar refractivity (Wildman–Crippen MR) is 63.7 cm³/mol. The van der Waals surface area contributed by atoms with E-state index in [0.29, 0.717) is 6.61 Å². The molecule has 0 fully saturated rings. The first-order valence-corrected chi connectivity index (χ1v) is 7.54. The third kappa shape index (κ3) is 8.05. The summed E-state index contributed by atoms with van der Waals surface area (Å²) in [4.78, 5) is 0. The maximum atomic E-state index is 11.0. The van der Waals surface area contributed by atoms with Crippen LogP contribution in [0.25, 0.3) is 0 Å². The maximum Gasteiger partial charge on any atom is 0.232 e. The molecule has 0 amide bonds. The highest BCUT2D eigenvalue weighted by atomic mass is 35.7. The van der Waals surface area contributed by atoms with Crippen LogP contribution in [0.4, 0.5) is 0 Å². The number of hydrogen-bond donors (Lipinski definition) is 0. The lowest BCUT2D eigenvalue weighted by atomic mass is 9.82. The summed E-state index contributed by atoms with van der Waals surface area (Å²) < 4.78 is 27.5. The highest BCUT2D eigenvalue weighted by molar-refractivity contribution is 8.13. The summed E-state index contributed by atoms with van der Waals surface area (Å²) in [6.07, 6.45) is 0.105. The number of rotatable bonds is 5. The van der Waals surface area contributed by atoms with Crippen molar-refractivity contribution in [3.05, 3.63) is 0 Å². The van der Waals surface area contributed by atoms with Gasteiger partial charge in [-0.05, 0) is 19.3 Å². The van der Waals surface area contributed by atoms with Crippen molar-refractivity contribution in [2.45, 2.75) is 40.7 Å². The van der Waals surface area contributed by atoms with Gasteiger partial charge in [0.1, 0.15) is 0 Å². The van der Waals surface area contributed by atoms with E-state index in [2.05, 4.69) is 0 Å². The van der Waals surface area contributed by atoms with Gasteiger partial charge in [0.2, 0.25) is 9.05 Å². The highest BCUT2D eigenvalue weighted by Gasteiger charge is 2.29. The summed E-state index contributed by atoms with van der Waals surface area (Å²) in [6.45, 7) is 10.2. The van der Waals surface area contributed by atoms with E-state index in [-0.39, 0.29) is 23.2 Å². The van der Waals surface area contributed by atoms with Crippen molar-refractivity contribution >= 4 is 19.7 Å². The van der Waals surface area contributed by atoms with Crippen LogP contribution in [0.5, 0.6) is 0 Å². The van der Waals surface area contributed by atoms with Crippen LogP contribution in [0.1, 0.15) is 34.6 Å². The third-order valence-corrected chi connectivity index (χ3v) is 3.43. The van der Waals surface area contributed by atoms with Gasteiger partial charge in [-0.1, -0.05) is 20.8 Å². The van der Waals surface area contributed by atoms with Crippen molar-refractivity contribution in [2.75, 3.05) is 12.4 Å². The van der Waals surface area contributed by atoms with Crippen LogP contribution in [-0.4, -0.2) is 26.9 Å². The number of hydrogen-bond acceptors (Lipinski definition) is 3. The van der Waals surface area contributed by atoms with Crippen LogP contribution in [0.2, 0.25) is 0 Å². The molecule has 3 nitrogen and oxygen atoms in total. The largest absolute Gasteiger partial charge is 0.378 e. The van der Waals surface area contributed by atoms with Crippen LogP contribution in [-0.2, 0) is 13.8 Å². The molecule has 1 unspecified atom stereocenters. The van der Waals surface area contributed by atoms with E-state index < -0.39 is 9.05 Å². The topological polar surface area (TPSA) is 43.4 Å². The molecule has 0 radical (unpaired) electrons. The molecule has 0 heterocycles. The standard InChI is InChI=1S/C10H21ClO3S/c1-8(2)14-6-9(10(3,4)5)7-15(11,12)13/h8-9H,6-7H2,1-5H3. The number of halogens is 1. The Bertz CT molecular complexity index is 278. The van der Waals surface area contributed by atoms with Crippen molar-refractivity contribution in [1.29, 1.82) is 0 Å². The summed E-state index contributed by atoms with van der Waals surface area (Å²) in [7, 11) is 1.80. The van der Waals surface area contributed by atoms with Crippen LogP contribution in [0.3, 0.4) is 0 Å². The minimum Gasteiger partial charge on any atom is -0.378 e. The lowest BCUT2D eigenvalue weighted by Gasteiger charge is -2.30. The molecule has 92 valence electrons. The van der Waals surface area contributed by atoms with Gasteiger partial charge >= 0.3 is 0 Å². The first-order valence-electron chi connectivity index (χ1n) is 5.06. The van der Waals surface area contributed by atoms with E-state index >= 15 is 0 Å². The Balaban J connectivity index is 4.47. The van der Waals surface area contributed by atoms with E-state index in [4.69, 9.17) is 15.4 Å². The predicted octanol–water partition coefficient (Wildman–Crippen LogP) is 2.64. The van der Waals surface area contributed by atoms with Gasteiger partial charge in [-0.15, -0.1) is 0 Å². The van der Waals surface area contributed by atoms with Gasteiger partial charge in [-0.25, -0.2) is 8.42 Å². The molecular formula is C10H21ClO3S. The van der Waals surface area contributed by atoms with Crippen molar-refractivity contribution in [3.8, 4) is 0 Å². The number of ether oxygens (including phenoxy) is 1. The molecule has 0 aromatic heterocycles. The molecule has 0 bridgehead atoms. The van der Waals surface area contributed by atoms with Crippen LogP contribution in [0.15, 0.2) is 0 Å². The van der Waals surface area contributed by atoms with E-state index in [0.717, 1.165) is 0 Å². The molecule has 0 aliphatic carbocycles. The van der Waals surface area contributed by atoms with Gasteiger partial charge in [-0.3, -0.25) is 0 Å². The van der Waals surface area contributed by atoms with Crippen molar-refractivity contribution in [3.63, 3.8) is 0 Å². The Labute approximate surface area is 97.6 Å². The molecule has 0 aliphatic rings. The Morgan fingerprint density at radius 3 is 2.00 bits per heavy atom. The first-order chi connectivity index (χ1) is 6.52. The maximum absolute atomic E-state index is 11.0. The summed E-state index contributed by atoms with van der Waals surface area (Å²) in [5, 5.41) is 0. The van der Waals surface area contributed by atoms with E-state index in [1.165, 1.54) is 0 Å². The summed E-state index contributed by atoms with van der Waals surface area (Å²) >= 11 is 0. The highest BCUT2D eigenvalue weighted by Crippen LogP contribution is 2.28. The van der Waals surface area contributed by atoms with Crippen molar-refractivity contribution in [2.24, 2.45) is 11.3 Å². The Morgan fingerprint density at radius 1 is 1.27 bits per heavy atom. The fourth-order valence-corrected chi connectivity index (χ4v) is 2.63. The molecule has 5 heteroatoms. The Morgan fingerprint density at radius 2 is 1.73 bits per heavy atom. The van der Waals surface area contributed by atoms with Crippen molar-refractivity contribution in [1.82, 2.24) is 0 Å². The molecule has 0 aliphatic heterocycles. The SMILES string of the molecule is CC(C)OCC(CS(=O)(=O)Cl)C(C)(C)C. The minimum atomic E-state index is -3.46. The molecule has 0 aromatic rings. The first kappa shape index (κ1) is 15.2. The second-order valence-corrected chi connectivity index (χ2v) is 7.97. The fraction of sp³-hybridized carbons (Fsp3) is 1.00. The quantitative estimate of drug-likeness (QED) is 0.711. The summed E-state index contributed by atoms with van der Waals surface area (Å²) in [6, 6.07) is 0. The van der Waals surface area contributed by atoms with E-state index in [1.54, 1.807) is 0 Å². The van der Waals surface area contributed by atoms with Gasteiger partial charge in [0, 0.05) is 16.6 Å². The molecule has 0 rings (SSSR count). The van der Waals surface area contributed by atoms with Gasteiger partial charge in [0.25, 0.3) is 0 Å². The van der Waals surface area contributed by atoms with E-state index in [9.17, 15) is 8.42 Å². The van der Waals surface area contributed by atoms with Crippen LogP contribution < -0.4 is 0 Å². The average molecular weight is 257 g/mol. The van der Waals surface area contributed by atoms with Gasteiger partial charge in [-0.2, -0.15) is 0 Å². The zero-order valence-corrected chi connectivity index (χ0v) is 11.7. The second kappa shape index (κ2) is 5.51. The zero-order chi connectivity index (χ0) is 12.3. The normalized spacial score (nSPS) is 15.7. The summed E-state index contributed by atoms with van der Waals surface area (Å²) in [5.41, 5.74) is -0.128. The van der Waals surface area contributed by atoms with E-state index in [1.807, 2.05) is 34.6 Å². The summed E-state index contributed by atoms with van der Waals surface area (Å²) in [5.74, 6) is -0.118. The fourth-order valence-electron chi connectivity index (χ4n) is 1.10. The van der Waals surface area contributed by atoms with Crippen LogP contribution >= 0.6 is 10.7 Å². The lowest BCUT2D eigenvalue weighted by molar-refractivity contribution is 0.0270. The smallest absolute Gasteiger partial charge is 0.232 e. The Kier molecular flexibility index (Phi) is 5.58. The van der Waals surface area contributed by atoms with Crippen molar-refractivity contribution < 1.29 is 13.2 Å².